The van der Waals surface area contributed by atoms with Gasteiger partial charge in [-0.1, -0.05) is 6.92 Å². The van der Waals surface area contributed by atoms with Crippen LogP contribution in [-0.2, 0) is 11.3 Å². The zero-order valence-electron chi connectivity index (χ0n) is 9.17. The molecule has 3 heteroatoms. The lowest BCUT2D eigenvalue weighted by atomic mass is 10.2. The molecule has 1 atom stereocenters. The van der Waals surface area contributed by atoms with Gasteiger partial charge in [0.2, 0.25) is 0 Å². The second kappa shape index (κ2) is 6.17. The predicted octanol–water partition coefficient (Wildman–Crippen LogP) is 2.57. The zero-order valence-corrected chi connectivity index (χ0v) is 9.99. The van der Waals surface area contributed by atoms with Gasteiger partial charge >= 0.3 is 0 Å². The smallest absolute Gasteiger partial charge is 0.0615 e. The molecule has 1 N–H and O–H groups in total. The van der Waals surface area contributed by atoms with E-state index >= 15 is 0 Å². The number of nitrogens with one attached hydrogen (secondary N) is 1. The van der Waals surface area contributed by atoms with Gasteiger partial charge in [0.25, 0.3) is 0 Å². The topological polar surface area (TPSA) is 21.3 Å². The van der Waals surface area contributed by atoms with Crippen LogP contribution in [0.5, 0.6) is 0 Å². The summed E-state index contributed by atoms with van der Waals surface area (Å²) in [6.07, 6.45) is 1.11. The minimum Gasteiger partial charge on any atom is -0.383 e. The highest BCUT2D eigenvalue weighted by atomic mass is 32.1. The number of thiophene rings is 1. The first-order valence-corrected chi connectivity index (χ1v) is 5.85. The van der Waals surface area contributed by atoms with Crippen LogP contribution in [-0.4, -0.2) is 19.8 Å². The molecule has 1 heterocycles. The monoisotopic (exact) mass is 213 g/mol. The molecule has 80 valence electrons. The highest BCUT2D eigenvalue weighted by Crippen LogP contribution is 2.14. The second-order valence-corrected chi connectivity index (χ2v) is 4.83. The Morgan fingerprint density at radius 2 is 2.29 bits per heavy atom. The van der Waals surface area contributed by atoms with Crippen molar-refractivity contribution in [1.82, 2.24) is 5.32 Å². The third kappa shape index (κ3) is 3.78. The Bertz CT molecular complexity index is 260. The lowest BCUT2D eigenvalue weighted by Gasteiger charge is -2.14. The fourth-order valence-corrected chi connectivity index (χ4v) is 2.19. The molecular formula is C11H19NOS. The van der Waals surface area contributed by atoms with Crippen molar-refractivity contribution in [2.24, 2.45) is 0 Å². The lowest BCUT2D eigenvalue weighted by Crippen LogP contribution is -2.31. The Morgan fingerprint density at radius 1 is 1.50 bits per heavy atom. The van der Waals surface area contributed by atoms with E-state index in [0.717, 1.165) is 19.6 Å². The molecule has 1 rings (SSSR count). The third-order valence-corrected chi connectivity index (χ3v) is 3.22. The molecular weight excluding hydrogens is 194 g/mol. The Morgan fingerprint density at radius 3 is 2.79 bits per heavy atom. The summed E-state index contributed by atoms with van der Waals surface area (Å²) >= 11 is 1.85. The van der Waals surface area contributed by atoms with Crippen molar-refractivity contribution in [3.05, 3.63) is 21.9 Å². The standard InChI is InChI=1S/C11H19NOS/c1-4-10(8-13-3)12-7-11-6-5-9(2)14-11/h5-6,10,12H,4,7-8H2,1-3H3/t10-/m0/s1. The molecule has 2 nitrogen and oxygen atoms in total. The summed E-state index contributed by atoms with van der Waals surface area (Å²) in [4.78, 5) is 2.78. The highest BCUT2D eigenvalue weighted by molar-refractivity contribution is 7.11. The maximum absolute atomic E-state index is 5.13. The molecule has 0 saturated carbocycles. The Hall–Kier alpha value is -0.380. The fourth-order valence-electron chi connectivity index (χ4n) is 1.35. The molecule has 1 aromatic heterocycles. The maximum atomic E-state index is 5.13. The molecule has 0 aromatic carbocycles. The van der Waals surface area contributed by atoms with Gasteiger partial charge in [0.05, 0.1) is 6.61 Å². The van der Waals surface area contributed by atoms with Crippen LogP contribution < -0.4 is 5.32 Å². The number of hydrogen-bond donors (Lipinski definition) is 1. The van der Waals surface area contributed by atoms with Gasteiger partial charge in [0, 0.05) is 29.5 Å². The van der Waals surface area contributed by atoms with Crippen LogP contribution in [0.1, 0.15) is 23.1 Å². The van der Waals surface area contributed by atoms with E-state index in [9.17, 15) is 0 Å². The summed E-state index contributed by atoms with van der Waals surface area (Å²) < 4.78 is 5.13. The van der Waals surface area contributed by atoms with Gasteiger partial charge in [-0.15, -0.1) is 11.3 Å². The Balaban J connectivity index is 2.31. The molecule has 0 amide bonds. The van der Waals surface area contributed by atoms with Gasteiger partial charge in [-0.05, 0) is 25.5 Å². The summed E-state index contributed by atoms with van der Waals surface area (Å²) in [5.74, 6) is 0. The van der Waals surface area contributed by atoms with E-state index in [0.29, 0.717) is 6.04 Å². The molecule has 0 unspecified atom stereocenters. The average Bonchev–Trinajstić information content (AvgIpc) is 2.59. The first-order valence-electron chi connectivity index (χ1n) is 5.04. The van der Waals surface area contributed by atoms with Crippen molar-refractivity contribution in [3.63, 3.8) is 0 Å². The number of ether oxygens (including phenoxy) is 1. The van der Waals surface area contributed by atoms with Crippen LogP contribution in [0.25, 0.3) is 0 Å². The molecule has 14 heavy (non-hydrogen) atoms. The summed E-state index contributed by atoms with van der Waals surface area (Å²) in [6.45, 7) is 6.07. The summed E-state index contributed by atoms with van der Waals surface area (Å²) in [5.41, 5.74) is 0. The molecule has 0 radical (unpaired) electrons. The minimum atomic E-state index is 0.474. The van der Waals surface area contributed by atoms with E-state index < -0.39 is 0 Å². The highest BCUT2D eigenvalue weighted by Gasteiger charge is 2.05. The molecule has 0 aliphatic carbocycles. The molecule has 0 fully saturated rings. The number of aryl methyl sites for hydroxylation is 1. The first-order chi connectivity index (χ1) is 6.76. The number of rotatable bonds is 6. The van der Waals surface area contributed by atoms with Crippen LogP contribution in [0.3, 0.4) is 0 Å². The second-order valence-electron chi connectivity index (χ2n) is 3.45. The van der Waals surface area contributed by atoms with E-state index in [-0.39, 0.29) is 0 Å². The zero-order chi connectivity index (χ0) is 10.4. The maximum Gasteiger partial charge on any atom is 0.0615 e. The summed E-state index contributed by atoms with van der Waals surface area (Å²) in [7, 11) is 1.75. The molecule has 0 saturated heterocycles. The largest absolute Gasteiger partial charge is 0.383 e. The van der Waals surface area contributed by atoms with Crippen molar-refractivity contribution in [2.75, 3.05) is 13.7 Å². The average molecular weight is 213 g/mol. The molecule has 0 aliphatic heterocycles. The minimum absolute atomic E-state index is 0.474. The van der Waals surface area contributed by atoms with Gasteiger partial charge in [-0.3, -0.25) is 0 Å². The molecule has 0 bridgehead atoms. The van der Waals surface area contributed by atoms with Crippen molar-refractivity contribution < 1.29 is 4.74 Å². The van der Waals surface area contributed by atoms with Gasteiger partial charge in [0.1, 0.15) is 0 Å². The van der Waals surface area contributed by atoms with E-state index in [2.05, 4.69) is 31.3 Å². The predicted molar refractivity (Wildman–Crippen MR) is 61.9 cm³/mol. The van der Waals surface area contributed by atoms with Crippen molar-refractivity contribution in [2.45, 2.75) is 32.9 Å². The summed E-state index contributed by atoms with van der Waals surface area (Å²) in [5, 5.41) is 3.49. The quantitative estimate of drug-likeness (QED) is 0.784. The van der Waals surface area contributed by atoms with E-state index in [4.69, 9.17) is 4.74 Å². The van der Waals surface area contributed by atoms with Gasteiger partial charge in [-0.25, -0.2) is 0 Å². The van der Waals surface area contributed by atoms with Gasteiger partial charge in [0.15, 0.2) is 0 Å². The van der Waals surface area contributed by atoms with E-state index in [1.165, 1.54) is 9.75 Å². The van der Waals surface area contributed by atoms with E-state index in [1.807, 2.05) is 11.3 Å². The van der Waals surface area contributed by atoms with Crippen LogP contribution >= 0.6 is 11.3 Å². The number of methoxy groups -OCH3 is 1. The van der Waals surface area contributed by atoms with Gasteiger partial charge < -0.3 is 10.1 Å². The summed E-state index contributed by atoms with van der Waals surface area (Å²) in [6, 6.07) is 4.83. The van der Waals surface area contributed by atoms with Crippen molar-refractivity contribution in [1.29, 1.82) is 0 Å². The fraction of sp³-hybridized carbons (Fsp3) is 0.636. The van der Waals surface area contributed by atoms with Crippen LogP contribution in [0, 0.1) is 6.92 Å². The first kappa shape index (κ1) is 11.7. The Labute approximate surface area is 90.3 Å². The Kier molecular flexibility index (Phi) is 5.15. The van der Waals surface area contributed by atoms with E-state index in [1.54, 1.807) is 7.11 Å². The molecule has 1 aromatic rings. The third-order valence-electron chi connectivity index (χ3n) is 2.22. The lowest BCUT2D eigenvalue weighted by molar-refractivity contribution is 0.164. The normalized spacial score (nSPS) is 13.1. The van der Waals surface area contributed by atoms with Crippen molar-refractivity contribution in [3.8, 4) is 0 Å². The molecule has 0 spiro atoms. The van der Waals surface area contributed by atoms with Crippen LogP contribution in [0.4, 0.5) is 0 Å². The van der Waals surface area contributed by atoms with Crippen LogP contribution in [0.2, 0.25) is 0 Å². The number of hydrogen-bond acceptors (Lipinski definition) is 3. The SMILES string of the molecule is CC[C@@H](COC)NCc1ccc(C)s1. The van der Waals surface area contributed by atoms with Gasteiger partial charge in [-0.2, -0.15) is 0 Å². The molecule has 0 aliphatic rings. The van der Waals surface area contributed by atoms with Crippen molar-refractivity contribution >= 4 is 11.3 Å². The van der Waals surface area contributed by atoms with Crippen LogP contribution in [0.15, 0.2) is 12.1 Å².